The Balaban J connectivity index is 1.24. The van der Waals surface area contributed by atoms with E-state index in [0.29, 0.717) is 40.5 Å². The first-order valence-electron chi connectivity index (χ1n) is 12.7. The summed E-state index contributed by atoms with van der Waals surface area (Å²) in [5.41, 5.74) is 4.80. The number of amides is 1. The number of rotatable bonds is 9. The zero-order valence-electron chi connectivity index (χ0n) is 22.3. The second-order valence-electron chi connectivity index (χ2n) is 9.18. The maximum atomic E-state index is 12.6. The number of hydrogen-bond donors (Lipinski definition) is 1. The number of nitrogens with zero attached hydrogens (tertiary/aromatic N) is 1. The van der Waals surface area contributed by atoms with Crippen LogP contribution in [0.1, 0.15) is 22.3 Å². The molecule has 0 bridgehead atoms. The summed E-state index contributed by atoms with van der Waals surface area (Å²) in [4.78, 5) is 17.7. The third kappa shape index (κ3) is 7.61. The zero-order valence-corrected chi connectivity index (χ0v) is 26.3. The van der Waals surface area contributed by atoms with Crippen molar-refractivity contribution in [1.29, 1.82) is 0 Å². The Morgan fingerprint density at radius 2 is 1.56 bits per heavy atom. The second-order valence-corrected chi connectivity index (χ2v) is 11.9. The molecule has 0 aromatic heterocycles. The highest BCUT2D eigenvalue weighted by molar-refractivity contribution is 9.11. The van der Waals surface area contributed by atoms with Crippen molar-refractivity contribution in [1.82, 2.24) is 5.32 Å². The SMILES string of the molecule is COc1cc(COc2c(Br)cc(/C=C3/SC(=Nc4ccc(C)cc4)NC3=O)cc2Br)ccc1OCc1ccccc1. The van der Waals surface area contributed by atoms with E-state index in [0.717, 1.165) is 36.9 Å². The van der Waals surface area contributed by atoms with E-state index >= 15 is 0 Å². The Hall–Kier alpha value is -3.53. The second kappa shape index (κ2) is 13.4. The van der Waals surface area contributed by atoms with Gasteiger partial charge in [0.25, 0.3) is 5.91 Å². The fourth-order valence-corrected chi connectivity index (χ4v) is 6.27. The number of nitrogens with one attached hydrogen (secondary N) is 1. The number of methoxy groups -OCH3 is 1. The van der Waals surface area contributed by atoms with Gasteiger partial charge in [0, 0.05) is 0 Å². The predicted octanol–water partition coefficient (Wildman–Crippen LogP) is 8.58. The monoisotopic (exact) mass is 692 g/mol. The van der Waals surface area contributed by atoms with Crippen LogP contribution in [0.15, 0.2) is 104 Å². The number of thioether (sulfide) groups is 1. The highest BCUT2D eigenvalue weighted by Gasteiger charge is 2.24. The van der Waals surface area contributed by atoms with Gasteiger partial charge in [0.05, 0.1) is 26.6 Å². The lowest BCUT2D eigenvalue weighted by molar-refractivity contribution is -0.115. The molecular weight excluding hydrogens is 668 g/mol. The molecule has 4 aromatic rings. The largest absolute Gasteiger partial charge is 0.493 e. The summed E-state index contributed by atoms with van der Waals surface area (Å²) in [7, 11) is 1.62. The Morgan fingerprint density at radius 1 is 0.854 bits per heavy atom. The topological polar surface area (TPSA) is 69.2 Å². The summed E-state index contributed by atoms with van der Waals surface area (Å²) in [5, 5.41) is 3.39. The molecule has 1 amide bonds. The molecule has 4 aromatic carbocycles. The number of ether oxygens (including phenoxy) is 3. The summed E-state index contributed by atoms with van der Waals surface area (Å²) in [6.45, 7) is 2.80. The van der Waals surface area contributed by atoms with Gasteiger partial charge < -0.3 is 19.5 Å². The Kier molecular flexibility index (Phi) is 9.49. The molecule has 0 radical (unpaired) electrons. The average molecular weight is 694 g/mol. The van der Waals surface area contributed by atoms with Crippen LogP contribution in [-0.4, -0.2) is 18.2 Å². The zero-order chi connectivity index (χ0) is 28.8. The van der Waals surface area contributed by atoms with Gasteiger partial charge in [-0.05, 0) is 110 Å². The normalized spacial score (nSPS) is 14.8. The molecule has 1 saturated heterocycles. The fourth-order valence-electron chi connectivity index (χ4n) is 3.98. The lowest BCUT2D eigenvalue weighted by Crippen LogP contribution is -2.19. The Morgan fingerprint density at radius 3 is 2.27 bits per heavy atom. The number of hydrogen-bond acceptors (Lipinski definition) is 6. The van der Waals surface area contributed by atoms with Crippen LogP contribution in [0, 0.1) is 6.92 Å². The van der Waals surface area contributed by atoms with E-state index in [1.54, 1.807) is 7.11 Å². The third-order valence-corrected chi connectivity index (χ3v) is 8.17. The number of aryl methyl sites for hydroxylation is 1. The van der Waals surface area contributed by atoms with Crippen LogP contribution >= 0.6 is 43.6 Å². The molecular formula is C32H26Br2N2O4S. The summed E-state index contributed by atoms with van der Waals surface area (Å²) in [6.07, 6.45) is 1.83. The van der Waals surface area contributed by atoms with Crippen molar-refractivity contribution in [3.63, 3.8) is 0 Å². The minimum atomic E-state index is -0.182. The Labute approximate surface area is 260 Å². The summed E-state index contributed by atoms with van der Waals surface area (Å²) in [6, 6.07) is 27.4. The molecule has 1 aliphatic heterocycles. The van der Waals surface area contributed by atoms with E-state index in [1.807, 2.05) is 97.9 Å². The molecule has 1 heterocycles. The third-order valence-electron chi connectivity index (χ3n) is 6.08. The van der Waals surface area contributed by atoms with Crippen molar-refractivity contribution < 1.29 is 19.0 Å². The van der Waals surface area contributed by atoms with E-state index in [4.69, 9.17) is 14.2 Å². The van der Waals surface area contributed by atoms with Gasteiger partial charge in [-0.2, -0.15) is 0 Å². The number of amidine groups is 1. The van der Waals surface area contributed by atoms with Gasteiger partial charge in [0.1, 0.15) is 19.0 Å². The quantitative estimate of drug-likeness (QED) is 0.178. The van der Waals surface area contributed by atoms with Crippen molar-refractivity contribution in [2.45, 2.75) is 20.1 Å². The lowest BCUT2D eigenvalue weighted by atomic mass is 10.2. The molecule has 0 aliphatic carbocycles. The molecule has 0 atom stereocenters. The number of carbonyl (C=O) groups is 1. The number of benzene rings is 4. The van der Waals surface area contributed by atoms with Gasteiger partial charge in [0.2, 0.25) is 0 Å². The fraction of sp³-hybridized carbons (Fsp3) is 0.125. The summed E-state index contributed by atoms with van der Waals surface area (Å²) < 4.78 is 19.2. The highest BCUT2D eigenvalue weighted by Crippen LogP contribution is 2.38. The van der Waals surface area contributed by atoms with Crippen molar-refractivity contribution in [2.75, 3.05) is 7.11 Å². The van der Waals surface area contributed by atoms with Crippen molar-refractivity contribution in [3.05, 3.63) is 121 Å². The lowest BCUT2D eigenvalue weighted by Gasteiger charge is -2.14. The molecule has 1 aliphatic rings. The maximum absolute atomic E-state index is 12.6. The van der Waals surface area contributed by atoms with E-state index in [-0.39, 0.29) is 5.91 Å². The van der Waals surface area contributed by atoms with Crippen molar-refractivity contribution in [2.24, 2.45) is 4.99 Å². The predicted molar refractivity (Wildman–Crippen MR) is 172 cm³/mol. The number of aliphatic imine (C=N–C) groups is 1. The van der Waals surface area contributed by atoms with Crippen molar-refractivity contribution in [3.8, 4) is 17.2 Å². The molecule has 9 heteroatoms. The smallest absolute Gasteiger partial charge is 0.264 e. The van der Waals surface area contributed by atoms with Crippen molar-refractivity contribution >= 4 is 66.5 Å². The molecule has 41 heavy (non-hydrogen) atoms. The maximum Gasteiger partial charge on any atom is 0.264 e. The summed E-state index contributed by atoms with van der Waals surface area (Å²) >= 11 is 8.55. The van der Waals surface area contributed by atoms with E-state index < -0.39 is 0 Å². The first-order chi connectivity index (χ1) is 19.9. The Bertz CT molecular complexity index is 1600. The minimum Gasteiger partial charge on any atom is -0.493 e. The molecule has 0 saturated carbocycles. The van der Waals surface area contributed by atoms with Crippen LogP contribution in [-0.2, 0) is 18.0 Å². The average Bonchev–Trinajstić information content (AvgIpc) is 3.31. The van der Waals surface area contributed by atoms with E-state index in [9.17, 15) is 4.79 Å². The number of carbonyl (C=O) groups excluding carboxylic acids is 1. The molecule has 5 rings (SSSR count). The molecule has 6 nitrogen and oxygen atoms in total. The standard InChI is InChI=1S/C32H26Br2N2O4S/c1-20-8-11-24(12-9-20)35-32-36-31(37)29(41-32)17-23-14-25(33)30(26(34)15-23)40-19-22-10-13-27(28(16-22)38-2)39-18-21-6-4-3-5-7-21/h3-17H,18-19H2,1-2H3,(H,35,36,37)/b29-17+. The highest BCUT2D eigenvalue weighted by atomic mass is 79.9. The molecule has 0 spiro atoms. The van der Waals surface area contributed by atoms with Crippen LogP contribution in [0.5, 0.6) is 17.2 Å². The molecule has 0 unspecified atom stereocenters. The first kappa shape index (κ1) is 29.0. The van der Waals surface area contributed by atoms with E-state index in [2.05, 4.69) is 42.2 Å². The van der Waals surface area contributed by atoms with Crippen LogP contribution in [0.3, 0.4) is 0 Å². The van der Waals surface area contributed by atoms with Gasteiger partial charge in [-0.25, -0.2) is 4.99 Å². The van der Waals surface area contributed by atoms with Crippen LogP contribution in [0.2, 0.25) is 0 Å². The molecule has 208 valence electrons. The first-order valence-corrected chi connectivity index (χ1v) is 15.1. The van der Waals surface area contributed by atoms with Gasteiger partial charge in [-0.15, -0.1) is 0 Å². The van der Waals surface area contributed by atoms with E-state index in [1.165, 1.54) is 11.8 Å². The van der Waals surface area contributed by atoms with Gasteiger partial charge >= 0.3 is 0 Å². The van der Waals surface area contributed by atoms with Gasteiger partial charge in [-0.3, -0.25) is 4.79 Å². The minimum absolute atomic E-state index is 0.182. The van der Waals surface area contributed by atoms with Crippen LogP contribution in [0.4, 0.5) is 5.69 Å². The van der Waals surface area contributed by atoms with Crippen LogP contribution < -0.4 is 19.5 Å². The van der Waals surface area contributed by atoms with Gasteiger partial charge in [0.15, 0.2) is 16.7 Å². The van der Waals surface area contributed by atoms with Crippen LogP contribution in [0.25, 0.3) is 6.08 Å². The molecule has 1 N–H and O–H groups in total. The molecule has 1 fully saturated rings. The van der Waals surface area contributed by atoms with Gasteiger partial charge in [-0.1, -0.05) is 54.1 Å². The number of halogens is 2. The summed E-state index contributed by atoms with van der Waals surface area (Å²) in [5.74, 6) is 1.78.